The molecular formula is C18H27N3O. The van der Waals surface area contributed by atoms with E-state index in [0.717, 1.165) is 19.6 Å². The van der Waals surface area contributed by atoms with E-state index in [1.807, 2.05) is 11.0 Å². The van der Waals surface area contributed by atoms with Gasteiger partial charge in [0.05, 0.1) is 6.04 Å². The first-order chi connectivity index (χ1) is 10.6. The number of benzene rings is 1. The molecule has 2 aliphatic rings. The van der Waals surface area contributed by atoms with Gasteiger partial charge >= 0.3 is 0 Å². The molecule has 4 nitrogen and oxygen atoms in total. The second-order valence-corrected chi connectivity index (χ2v) is 6.67. The van der Waals surface area contributed by atoms with Crippen molar-refractivity contribution in [3.8, 4) is 0 Å². The second kappa shape index (κ2) is 6.80. The van der Waals surface area contributed by atoms with E-state index in [2.05, 4.69) is 41.1 Å². The van der Waals surface area contributed by atoms with Crippen molar-refractivity contribution in [2.24, 2.45) is 0 Å². The number of piperazine rings is 1. The molecule has 0 spiro atoms. The standard InChI is InChI=1S/C18H27N3O/c1-15(22)21-13-12-20(17-8-10-19(2)11-9-17)14-18(21)16-6-4-3-5-7-16/h3-7,17-18H,8-14H2,1-2H3/t18-/m0/s1. The molecule has 1 aromatic rings. The van der Waals surface area contributed by atoms with Crippen molar-refractivity contribution in [3.63, 3.8) is 0 Å². The van der Waals surface area contributed by atoms with Crippen molar-refractivity contribution in [1.82, 2.24) is 14.7 Å². The Morgan fingerprint density at radius 2 is 1.73 bits per heavy atom. The molecule has 0 aliphatic carbocycles. The zero-order valence-corrected chi connectivity index (χ0v) is 13.7. The van der Waals surface area contributed by atoms with Crippen molar-refractivity contribution < 1.29 is 4.79 Å². The molecule has 4 heteroatoms. The highest BCUT2D eigenvalue weighted by atomic mass is 16.2. The lowest BCUT2D eigenvalue weighted by Crippen LogP contribution is -2.55. The Bertz CT molecular complexity index is 496. The highest BCUT2D eigenvalue weighted by molar-refractivity contribution is 5.74. The molecule has 0 saturated carbocycles. The summed E-state index contributed by atoms with van der Waals surface area (Å²) in [5, 5.41) is 0. The molecule has 2 saturated heterocycles. The Labute approximate surface area is 133 Å². The van der Waals surface area contributed by atoms with Crippen LogP contribution < -0.4 is 0 Å². The topological polar surface area (TPSA) is 26.8 Å². The minimum absolute atomic E-state index is 0.192. The maximum Gasteiger partial charge on any atom is 0.220 e. The van der Waals surface area contributed by atoms with Crippen LogP contribution >= 0.6 is 0 Å². The lowest BCUT2D eigenvalue weighted by molar-refractivity contribution is -0.134. The van der Waals surface area contributed by atoms with Gasteiger partial charge in [0.2, 0.25) is 5.91 Å². The Hall–Kier alpha value is -1.39. The van der Waals surface area contributed by atoms with Crippen LogP contribution in [0.1, 0.15) is 31.4 Å². The summed E-state index contributed by atoms with van der Waals surface area (Å²) in [5.41, 5.74) is 1.26. The van der Waals surface area contributed by atoms with Gasteiger partial charge < -0.3 is 9.80 Å². The van der Waals surface area contributed by atoms with Gasteiger partial charge in [-0.25, -0.2) is 0 Å². The van der Waals surface area contributed by atoms with Gasteiger partial charge in [0, 0.05) is 32.6 Å². The first kappa shape index (κ1) is 15.5. The molecule has 120 valence electrons. The molecule has 0 N–H and O–H groups in total. The second-order valence-electron chi connectivity index (χ2n) is 6.67. The van der Waals surface area contributed by atoms with Gasteiger partial charge in [-0.1, -0.05) is 30.3 Å². The number of carbonyl (C=O) groups excluding carboxylic acids is 1. The molecule has 1 atom stereocenters. The van der Waals surface area contributed by atoms with Crippen LogP contribution in [0, 0.1) is 0 Å². The van der Waals surface area contributed by atoms with Crippen LogP contribution in [0.15, 0.2) is 30.3 Å². The Balaban J connectivity index is 1.74. The molecule has 1 amide bonds. The van der Waals surface area contributed by atoms with Gasteiger partial charge in [-0.2, -0.15) is 0 Å². The van der Waals surface area contributed by atoms with Crippen LogP contribution in [0.25, 0.3) is 0 Å². The summed E-state index contributed by atoms with van der Waals surface area (Å²) in [4.78, 5) is 19.1. The first-order valence-corrected chi connectivity index (χ1v) is 8.40. The molecule has 0 bridgehead atoms. The average Bonchev–Trinajstić information content (AvgIpc) is 2.56. The molecule has 2 fully saturated rings. The molecule has 2 heterocycles. The van der Waals surface area contributed by atoms with Crippen molar-refractivity contribution >= 4 is 5.91 Å². The Morgan fingerprint density at radius 1 is 1.05 bits per heavy atom. The quantitative estimate of drug-likeness (QED) is 0.836. The normalized spacial score (nSPS) is 25.4. The van der Waals surface area contributed by atoms with Crippen LogP contribution in [-0.4, -0.2) is 66.4 Å². The molecular weight excluding hydrogens is 274 g/mol. The summed E-state index contributed by atoms with van der Waals surface area (Å²) >= 11 is 0. The van der Waals surface area contributed by atoms with E-state index in [1.54, 1.807) is 6.92 Å². The summed E-state index contributed by atoms with van der Waals surface area (Å²) in [6.45, 7) is 6.90. The molecule has 0 aromatic heterocycles. The van der Waals surface area contributed by atoms with Gasteiger partial charge in [0.1, 0.15) is 0 Å². The van der Waals surface area contributed by atoms with Crippen LogP contribution in [0.4, 0.5) is 0 Å². The van der Waals surface area contributed by atoms with Crippen molar-refractivity contribution in [2.75, 3.05) is 39.8 Å². The fraction of sp³-hybridized carbons (Fsp3) is 0.611. The predicted molar refractivity (Wildman–Crippen MR) is 88.7 cm³/mol. The third-order valence-corrected chi connectivity index (χ3v) is 5.21. The minimum atomic E-state index is 0.192. The fourth-order valence-electron chi connectivity index (χ4n) is 3.83. The number of hydrogen-bond acceptors (Lipinski definition) is 3. The molecule has 22 heavy (non-hydrogen) atoms. The number of carbonyl (C=O) groups is 1. The largest absolute Gasteiger partial charge is 0.333 e. The highest BCUT2D eigenvalue weighted by Crippen LogP contribution is 2.28. The Morgan fingerprint density at radius 3 is 2.36 bits per heavy atom. The van der Waals surface area contributed by atoms with Gasteiger partial charge in [-0.15, -0.1) is 0 Å². The van der Waals surface area contributed by atoms with Crippen molar-refractivity contribution in [1.29, 1.82) is 0 Å². The maximum absolute atomic E-state index is 12.0. The van der Waals surface area contributed by atoms with Gasteiger partial charge in [0.25, 0.3) is 0 Å². The van der Waals surface area contributed by atoms with Gasteiger partial charge in [-0.3, -0.25) is 9.69 Å². The zero-order valence-electron chi connectivity index (χ0n) is 13.7. The molecule has 1 aromatic carbocycles. The van der Waals surface area contributed by atoms with Crippen LogP contribution in [0.3, 0.4) is 0 Å². The number of hydrogen-bond donors (Lipinski definition) is 0. The van der Waals surface area contributed by atoms with Gasteiger partial charge in [0.15, 0.2) is 0 Å². The fourth-order valence-corrected chi connectivity index (χ4v) is 3.83. The van der Waals surface area contributed by atoms with Crippen LogP contribution in [0.2, 0.25) is 0 Å². The number of likely N-dealkylation sites (tertiary alicyclic amines) is 1. The molecule has 0 unspecified atom stereocenters. The van der Waals surface area contributed by atoms with E-state index in [9.17, 15) is 4.79 Å². The summed E-state index contributed by atoms with van der Waals surface area (Å²) in [6.07, 6.45) is 2.50. The predicted octanol–water partition coefficient (Wildman–Crippen LogP) is 1.99. The molecule has 0 radical (unpaired) electrons. The van der Waals surface area contributed by atoms with Crippen molar-refractivity contribution in [3.05, 3.63) is 35.9 Å². The number of nitrogens with zero attached hydrogens (tertiary/aromatic N) is 3. The van der Waals surface area contributed by atoms with Crippen molar-refractivity contribution in [2.45, 2.75) is 31.8 Å². The summed E-state index contributed by atoms with van der Waals surface area (Å²) in [6, 6.07) is 11.4. The summed E-state index contributed by atoms with van der Waals surface area (Å²) < 4.78 is 0. The average molecular weight is 301 g/mol. The SMILES string of the molecule is CC(=O)N1CCN(C2CCN(C)CC2)C[C@H]1c1ccccc1. The van der Waals surface area contributed by atoms with Gasteiger partial charge in [-0.05, 0) is 38.5 Å². The van der Waals surface area contributed by atoms with E-state index < -0.39 is 0 Å². The third kappa shape index (κ3) is 3.33. The zero-order chi connectivity index (χ0) is 15.5. The molecule has 2 aliphatic heterocycles. The van der Waals surface area contributed by atoms with E-state index in [4.69, 9.17) is 0 Å². The minimum Gasteiger partial charge on any atom is -0.333 e. The number of rotatable bonds is 2. The summed E-state index contributed by atoms with van der Waals surface area (Å²) in [5.74, 6) is 0.192. The van der Waals surface area contributed by atoms with E-state index in [0.29, 0.717) is 6.04 Å². The first-order valence-electron chi connectivity index (χ1n) is 8.40. The van der Waals surface area contributed by atoms with Crippen LogP contribution in [0.5, 0.6) is 0 Å². The molecule has 3 rings (SSSR count). The Kier molecular flexibility index (Phi) is 4.79. The number of amides is 1. The van der Waals surface area contributed by atoms with E-state index in [1.165, 1.54) is 31.5 Å². The maximum atomic E-state index is 12.0. The number of piperidine rings is 1. The lowest BCUT2D eigenvalue weighted by atomic mass is 9.97. The van der Waals surface area contributed by atoms with E-state index >= 15 is 0 Å². The monoisotopic (exact) mass is 301 g/mol. The van der Waals surface area contributed by atoms with E-state index in [-0.39, 0.29) is 11.9 Å². The lowest BCUT2D eigenvalue weighted by Gasteiger charge is -2.46. The highest BCUT2D eigenvalue weighted by Gasteiger charge is 2.33. The smallest absolute Gasteiger partial charge is 0.220 e. The van der Waals surface area contributed by atoms with Crippen LogP contribution in [-0.2, 0) is 4.79 Å². The summed E-state index contributed by atoms with van der Waals surface area (Å²) in [7, 11) is 2.21. The third-order valence-electron chi connectivity index (χ3n) is 5.21.